The number of hydrogen-bond donors (Lipinski definition) is 1. The number of piperidine rings is 1. The van der Waals surface area contributed by atoms with E-state index in [9.17, 15) is 4.39 Å². The molecular formula is C14H20FNO. The molecule has 1 heterocycles. The molecule has 1 aromatic carbocycles. The van der Waals surface area contributed by atoms with Crippen LogP contribution in [-0.4, -0.2) is 19.7 Å². The summed E-state index contributed by atoms with van der Waals surface area (Å²) < 4.78 is 19.2. The van der Waals surface area contributed by atoms with Crippen molar-refractivity contribution in [2.75, 3.05) is 13.7 Å². The predicted molar refractivity (Wildman–Crippen MR) is 67.0 cm³/mol. The van der Waals surface area contributed by atoms with Crippen LogP contribution in [0, 0.1) is 12.7 Å². The fraction of sp³-hybridized carbons (Fsp3) is 0.571. The van der Waals surface area contributed by atoms with Gasteiger partial charge in [0.15, 0.2) is 0 Å². The number of rotatable bonds is 3. The van der Waals surface area contributed by atoms with Crippen molar-refractivity contribution in [2.45, 2.75) is 38.6 Å². The standard InChI is InChI=1S/C14H20FNO/c1-10-7-13(17-2)9-11(14(10)15)8-12-5-3-4-6-16-12/h7,9,12,16H,3-6,8H2,1-2H3. The SMILES string of the molecule is COc1cc(C)c(F)c(CC2CCCCN2)c1. The van der Waals surface area contributed by atoms with Gasteiger partial charge in [0, 0.05) is 6.04 Å². The van der Waals surface area contributed by atoms with Crippen molar-refractivity contribution in [3.05, 3.63) is 29.1 Å². The van der Waals surface area contributed by atoms with Crippen molar-refractivity contribution in [2.24, 2.45) is 0 Å². The highest BCUT2D eigenvalue weighted by Gasteiger charge is 2.16. The number of ether oxygens (including phenoxy) is 1. The molecule has 2 nitrogen and oxygen atoms in total. The first-order valence-corrected chi connectivity index (χ1v) is 6.27. The highest BCUT2D eigenvalue weighted by atomic mass is 19.1. The molecule has 1 aromatic rings. The van der Waals surface area contributed by atoms with Gasteiger partial charge in [-0.15, -0.1) is 0 Å². The fourth-order valence-corrected chi connectivity index (χ4v) is 2.44. The summed E-state index contributed by atoms with van der Waals surface area (Å²) in [6.07, 6.45) is 4.36. The summed E-state index contributed by atoms with van der Waals surface area (Å²) in [5.74, 6) is 0.660. The first-order valence-electron chi connectivity index (χ1n) is 6.27. The Morgan fingerprint density at radius 1 is 1.41 bits per heavy atom. The van der Waals surface area contributed by atoms with Crippen LogP contribution in [0.15, 0.2) is 12.1 Å². The predicted octanol–water partition coefficient (Wildman–Crippen LogP) is 2.83. The number of nitrogens with one attached hydrogen (secondary N) is 1. The molecule has 1 saturated heterocycles. The van der Waals surface area contributed by atoms with E-state index in [1.54, 1.807) is 20.1 Å². The van der Waals surface area contributed by atoms with E-state index >= 15 is 0 Å². The van der Waals surface area contributed by atoms with Crippen LogP contribution in [-0.2, 0) is 6.42 Å². The van der Waals surface area contributed by atoms with Crippen LogP contribution in [0.4, 0.5) is 4.39 Å². The normalized spacial score (nSPS) is 20.3. The molecule has 0 spiro atoms. The fourth-order valence-electron chi connectivity index (χ4n) is 2.44. The molecule has 1 fully saturated rings. The summed E-state index contributed by atoms with van der Waals surface area (Å²) in [7, 11) is 1.62. The van der Waals surface area contributed by atoms with Crippen molar-refractivity contribution in [3.63, 3.8) is 0 Å². The zero-order valence-corrected chi connectivity index (χ0v) is 10.6. The van der Waals surface area contributed by atoms with Crippen LogP contribution in [0.25, 0.3) is 0 Å². The van der Waals surface area contributed by atoms with Crippen molar-refractivity contribution >= 4 is 0 Å². The quantitative estimate of drug-likeness (QED) is 0.872. The van der Waals surface area contributed by atoms with E-state index in [4.69, 9.17) is 4.74 Å². The van der Waals surface area contributed by atoms with Crippen LogP contribution in [0.5, 0.6) is 5.75 Å². The number of benzene rings is 1. The van der Waals surface area contributed by atoms with E-state index in [2.05, 4.69) is 5.32 Å². The summed E-state index contributed by atoms with van der Waals surface area (Å²) >= 11 is 0. The minimum atomic E-state index is -0.0850. The molecule has 17 heavy (non-hydrogen) atoms. The van der Waals surface area contributed by atoms with Crippen molar-refractivity contribution in [3.8, 4) is 5.75 Å². The summed E-state index contributed by atoms with van der Waals surface area (Å²) in [6.45, 7) is 2.84. The van der Waals surface area contributed by atoms with Crippen LogP contribution in [0.1, 0.15) is 30.4 Å². The lowest BCUT2D eigenvalue weighted by molar-refractivity contribution is 0.390. The third-order valence-corrected chi connectivity index (χ3v) is 3.42. The van der Waals surface area contributed by atoms with Gasteiger partial charge in [0.1, 0.15) is 11.6 Å². The van der Waals surface area contributed by atoms with Gasteiger partial charge in [0.2, 0.25) is 0 Å². The average molecular weight is 237 g/mol. The summed E-state index contributed by atoms with van der Waals surface area (Å²) in [5, 5.41) is 3.44. The molecule has 0 saturated carbocycles. The lowest BCUT2D eigenvalue weighted by Crippen LogP contribution is -2.35. The van der Waals surface area contributed by atoms with Gasteiger partial charge in [-0.3, -0.25) is 0 Å². The molecule has 0 aliphatic carbocycles. The van der Waals surface area contributed by atoms with E-state index in [0.29, 0.717) is 11.6 Å². The molecule has 0 aromatic heterocycles. The van der Waals surface area contributed by atoms with Crippen LogP contribution >= 0.6 is 0 Å². The van der Waals surface area contributed by atoms with Gasteiger partial charge in [-0.05, 0) is 56.0 Å². The van der Waals surface area contributed by atoms with E-state index in [-0.39, 0.29) is 5.82 Å². The van der Waals surface area contributed by atoms with Gasteiger partial charge >= 0.3 is 0 Å². The van der Waals surface area contributed by atoms with E-state index in [1.807, 2.05) is 6.07 Å². The molecule has 1 N–H and O–H groups in total. The smallest absolute Gasteiger partial charge is 0.129 e. The highest BCUT2D eigenvalue weighted by Crippen LogP contribution is 2.23. The van der Waals surface area contributed by atoms with Crippen LogP contribution in [0.2, 0.25) is 0 Å². The first kappa shape index (κ1) is 12.4. The Bertz CT molecular complexity index is 386. The maximum absolute atomic E-state index is 14.0. The maximum Gasteiger partial charge on any atom is 0.129 e. The molecule has 1 atom stereocenters. The van der Waals surface area contributed by atoms with Gasteiger partial charge in [-0.1, -0.05) is 6.42 Å². The Kier molecular flexibility index (Phi) is 4.00. The molecule has 1 aliphatic heterocycles. The molecule has 0 bridgehead atoms. The largest absolute Gasteiger partial charge is 0.497 e. The zero-order chi connectivity index (χ0) is 12.3. The lowest BCUT2D eigenvalue weighted by atomic mass is 9.96. The van der Waals surface area contributed by atoms with Crippen molar-refractivity contribution in [1.29, 1.82) is 0 Å². The Hall–Kier alpha value is -1.09. The third-order valence-electron chi connectivity index (χ3n) is 3.42. The second-order valence-electron chi connectivity index (χ2n) is 4.77. The van der Waals surface area contributed by atoms with Crippen LogP contribution < -0.4 is 10.1 Å². The summed E-state index contributed by atoms with van der Waals surface area (Å²) in [6, 6.07) is 3.97. The van der Waals surface area contributed by atoms with E-state index in [1.165, 1.54) is 12.8 Å². The average Bonchev–Trinajstić information content (AvgIpc) is 2.36. The van der Waals surface area contributed by atoms with Crippen molar-refractivity contribution in [1.82, 2.24) is 5.32 Å². The number of hydrogen-bond acceptors (Lipinski definition) is 2. The summed E-state index contributed by atoms with van der Waals surface area (Å²) in [5.41, 5.74) is 1.43. The Balaban J connectivity index is 2.15. The van der Waals surface area contributed by atoms with E-state index in [0.717, 1.165) is 30.7 Å². The third kappa shape index (κ3) is 2.97. The molecule has 0 radical (unpaired) electrons. The Morgan fingerprint density at radius 2 is 2.24 bits per heavy atom. The minimum Gasteiger partial charge on any atom is -0.497 e. The van der Waals surface area contributed by atoms with Crippen molar-refractivity contribution < 1.29 is 9.13 Å². The molecule has 3 heteroatoms. The molecule has 1 unspecified atom stereocenters. The monoisotopic (exact) mass is 237 g/mol. The van der Waals surface area contributed by atoms with Gasteiger partial charge in [0.25, 0.3) is 0 Å². The minimum absolute atomic E-state index is 0.0850. The second kappa shape index (κ2) is 5.50. The highest BCUT2D eigenvalue weighted by molar-refractivity contribution is 5.35. The zero-order valence-electron chi connectivity index (χ0n) is 10.6. The van der Waals surface area contributed by atoms with Gasteiger partial charge in [-0.25, -0.2) is 4.39 Å². The first-order chi connectivity index (χ1) is 8.20. The molecule has 2 rings (SSSR count). The number of aryl methyl sites for hydroxylation is 1. The number of halogens is 1. The van der Waals surface area contributed by atoms with E-state index < -0.39 is 0 Å². The molecular weight excluding hydrogens is 217 g/mol. The summed E-state index contributed by atoms with van der Waals surface area (Å²) in [4.78, 5) is 0. The maximum atomic E-state index is 14.0. The Morgan fingerprint density at radius 3 is 2.88 bits per heavy atom. The topological polar surface area (TPSA) is 21.3 Å². The van der Waals surface area contributed by atoms with Gasteiger partial charge < -0.3 is 10.1 Å². The Labute approximate surface area is 102 Å². The second-order valence-corrected chi connectivity index (χ2v) is 4.77. The van der Waals surface area contributed by atoms with Gasteiger partial charge in [-0.2, -0.15) is 0 Å². The molecule has 94 valence electrons. The molecule has 0 amide bonds. The van der Waals surface area contributed by atoms with Crippen LogP contribution in [0.3, 0.4) is 0 Å². The lowest BCUT2D eigenvalue weighted by Gasteiger charge is -2.24. The van der Waals surface area contributed by atoms with Gasteiger partial charge in [0.05, 0.1) is 7.11 Å². The molecule has 1 aliphatic rings. The number of methoxy groups -OCH3 is 1.